The molecule has 0 atom stereocenters. The summed E-state index contributed by atoms with van der Waals surface area (Å²) in [5.41, 5.74) is 2.21. The number of hydrogen-bond acceptors (Lipinski definition) is 4. The van der Waals surface area contributed by atoms with Gasteiger partial charge in [-0.2, -0.15) is 0 Å². The van der Waals surface area contributed by atoms with Crippen LogP contribution in [-0.2, 0) is 6.61 Å². The minimum Gasteiger partial charge on any atom is -0.488 e. The molecular formula is C20H24N2O2S. The summed E-state index contributed by atoms with van der Waals surface area (Å²) in [6.45, 7) is 4.80. The number of amides is 1. The third kappa shape index (κ3) is 3.72. The number of carbonyl (C=O) groups excluding carboxylic acids is 1. The van der Waals surface area contributed by atoms with Crippen molar-refractivity contribution in [3.63, 3.8) is 0 Å². The summed E-state index contributed by atoms with van der Waals surface area (Å²) in [6.07, 6.45) is 5.01. The van der Waals surface area contributed by atoms with Crippen molar-refractivity contribution in [3.8, 4) is 16.2 Å². The molecule has 1 aromatic carbocycles. The minimum absolute atomic E-state index is 0.0375. The zero-order valence-electron chi connectivity index (χ0n) is 14.4. The topological polar surface area (TPSA) is 41.6 Å². The fourth-order valence-electron chi connectivity index (χ4n) is 3.59. The van der Waals surface area contributed by atoms with E-state index in [1.165, 1.54) is 37.2 Å². The molecule has 132 valence electrons. The smallest absolute Gasteiger partial charge is 0.261 e. The van der Waals surface area contributed by atoms with E-state index in [4.69, 9.17) is 4.74 Å². The Morgan fingerprint density at radius 3 is 2.92 bits per heavy atom. The van der Waals surface area contributed by atoms with E-state index in [1.807, 2.05) is 24.3 Å². The molecule has 25 heavy (non-hydrogen) atoms. The van der Waals surface area contributed by atoms with E-state index in [2.05, 4.69) is 16.3 Å². The van der Waals surface area contributed by atoms with Gasteiger partial charge in [-0.1, -0.05) is 18.6 Å². The van der Waals surface area contributed by atoms with Crippen LogP contribution in [0.4, 0.5) is 0 Å². The number of likely N-dealkylation sites (tertiary alicyclic amines) is 1. The molecule has 0 unspecified atom stereocenters. The maximum Gasteiger partial charge on any atom is 0.261 e. The van der Waals surface area contributed by atoms with Crippen LogP contribution < -0.4 is 10.1 Å². The highest BCUT2D eigenvalue weighted by Gasteiger charge is 2.22. The van der Waals surface area contributed by atoms with Crippen LogP contribution in [0.15, 0.2) is 30.3 Å². The van der Waals surface area contributed by atoms with Crippen LogP contribution in [0.1, 0.15) is 40.9 Å². The molecule has 4 rings (SSSR count). The van der Waals surface area contributed by atoms with E-state index in [9.17, 15) is 4.79 Å². The first kappa shape index (κ1) is 16.6. The Labute approximate surface area is 152 Å². The zero-order chi connectivity index (χ0) is 17.1. The van der Waals surface area contributed by atoms with Gasteiger partial charge in [0.1, 0.15) is 12.4 Å². The Hall–Kier alpha value is -1.85. The predicted octanol–water partition coefficient (Wildman–Crippen LogP) is 3.91. The average Bonchev–Trinajstić information content (AvgIpc) is 3.11. The molecule has 5 heteroatoms. The van der Waals surface area contributed by atoms with Crippen LogP contribution in [0, 0.1) is 0 Å². The number of carbonyl (C=O) groups is 1. The number of nitrogens with zero attached hydrogens (tertiary/aromatic N) is 1. The van der Waals surface area contributed by atoms with Crippen molar-refractivity contribution in [3.05, 3.63) is 40.8 Å². The largest absolute Gasteiger partial charge is 0.488 e. The molecule has 1 aromatic heterocycles. The number of rotatable bonds is 5. The lowest BCUT2D eigenvalue weighted by Crippen LogP contribution is -2.33. The van der Waals surface area contributed by atoms with Crippen molar-refractivity contribution >= 4 is 17.2 Å². The first-order valence-electron chi connectivity index (χ1n) is 9.17. The fraction of sp³-hybridized carbons (Fsp3) is 0.450. The predicted molar refractivity (Wildman–Crippen MR) is 101 cm³/mol. The van der Waals surface area contributed by atoms with Crippen molar-refractivity contribution in [2.45, 2.75) is 32.3 Å². The molecule has 0 bridgehead atoms. The number of thiophene rings is 1. The third-order valence-electron chi connectivity index (χ3n) is 4.93. The number of hydrogen-bond donors (Lipinski definition) is 1. The Morgan fingerprint density at radius 1 is 1.20 bits per heavy atom. The van der Waals surface area contributed by atoms with Gasteiger partial charge < -0.3 is 15.0 Å². The van der Waals surface area contributed by atoms with Gasteiger partial charge in [0.2, 0.25) is 0 Å². The molecule has 2 aliphatic heterocycles. The Bertz CT molecular complexity index is 750. The normalized spacial score (nSPS) is 16.6. The number of nitrogens with one attached hydrogen (secondary N) is 1. The van der Waals surface area contributed by atoms with Gasteiger partial charge in [-0.15, -0.1) is 11.3 Å². The number of ether oxygens (including phenoxy) is 1. The lowest BCUT2D eigenvalue weighted by Gasteiger charge is -2.26. The maximum atomic E-state index is 12.5. The van der Waals surface area contributed by atoms with Gasteiger partial charge in [0.05, 0.1) is 4.88 Å². The summed E-state index contributed by atoms with van der Waals surface area (Å²) in [7, 11) is 0. The van der Waals surface area contributed by atoms with E-state index in [1.54, 1.807) is 11.3 Å². The molecular weight excluding hydrogens is 332 g/mol. The summed E-state index contributed by atoms with van der Waals surface area (Å²) >= 11 is 1.57. The van der Waals surface area contributed by atoms with Gasteiger partial charge in [0.15, 0.2) is 0 Å². The maximum absolute atomic E-state index is 12.5. The fourth-order valence-corrected chi connectivity index (χ4v) is 4.70. The SMILES string of the molecule is O=C(NCCCN1CCCCC1)c1cc2c(s1)-c1ccccc1OC2. The van der Waals surface area contributed by atoms with Crippen LogP contribution in [0.5, 0.6) is 5.75 Å². The van der Waals surface area contributed by atoms with Gasteiger partial charge in [-0.05, 0) is 57.1 Å². The molecule has 0 radical (unpaired) electrons. The molecule has 3 heterocycles. The van der Waals surface area contributed by atoms with Crippen molar-refractivity contribution in [1.29, 1.82) is 0 Å². The van der Waals surface area contributed by atoms with Crippen molar-refractivity contribution in [1.82, 2.24) is 10.2 Å². The van der Waals surface area contributed by atoms with Crippen molar-refractivity contribution in [2.24, 2.45) is 0 Å². The first-order valence-corrected chi connectivity index (χ1v) is 9.98. The standard InChI is InChI=1S/C20H24N2O2S/c23-20(21-9-6-12-22-10-4-1-5-11-22)18-13-15-14-24-17-8-3-2-7-16(17)19(15)25-18/h2-3,7-8,13H,1,4-6,9-12,14H2,(H,21,23). The van der Waals surface area contributed by atoms with Crippen LogP contribution >= 0.6 is 11.3 Å². The molecule has 1 saturated heterocycles. The lowest BCUT2D eigenvalue weighted by molar-refractivity contribution is 0.0955. The summed E-state index contributed by atoms with van der Waals surface area (Å²) in [5.74, 6) is 0.945. The second kappa shape index (κ2) is 7.58. The summed E-state index contributed by atoms with van der Waals surface area (Å²) < 4.78 is 5.78. The molecule has 4 nitrogen and oxygen atoms in total. The van der Waals surface area contributed by atoms with Gasteiger partial charge >= 0.3 is 0 Å². The lowest BCUT2D eigenvalue weighted by atomic mass is 10.1. The third-order valence-corrected chi connectivity index (χ3v) is 6.14. The second-order valence-electron chi connectivity index (χ2n) is 6.76. The van der Waals surface area contributed by atoms with E-state index in [0.29, 0.717) is 6.61 Å². The minimum atomic E-state index is 0.0375. The number of fused-ring (bicyclic) bond motifs is 3. The van der Waals surface area contributed by atoms with E-state index in [0.717, 1.165) is 41.3 Å². The van der Waals surface area contributed by atoms with Crippen LogP contribution in [-0.4, -0.2) is 37.0 Å². The van der Waals surface area contributed by atoms with E-state index in [-0.39, 0.29) is 5.91 Å². The van der Waals surface area contributed by atoms with E-state index >= 15 is 0 Å². The average molecular weight is 356 g/mol. The molecule has 1 N–H and O–H groups in total. The van der Waals surface area contributed by atoms with E-state index < -0.39 is 0 Å². The highest BCUT2D eigenvalue weighted by Crippen LogP contribution is 2.42. The Kier molecular flexibility index (Phi) is 5.04. The number of piperidine rings is 1. The first-order chi connectivity index (χ1) is 12.3. The number of para-hydroxylation sites is 1. The van der Waals surface area contributed by atoms with Gasteiger partial charge in [0.25, 0.3) is 5.91 Å². The van der Waals surface area contributed by atoms with Gasteiger partial charge in [-0.25, -0.2) is 0 Å². The van der Waals surface area contributed by atoms with Crippen molar-refractivity contribution < 1.29 is 9.53 Å². The Balaban J connectivity index is 1.33. The summed E-state index contributed by atoms with van der Waals surface area (Å²) in [4.78, 5) is 16.9. The summed E-state index contributed by atoms with van der Waals surface area (Å²) in [6, 6.07) is 10.0. The molecule has 2 aliphatic rings. The quantitative estimate of drug-likeness (QED) is 0.826. The Morgan fingerprint density at radius 2 is 2.04 bits per heavy atom. The van der Waals surface area contributed by atoms with Crippen LogP contribution in [0.25, 0.3) is 10.4 Å². The molecule has 1 amide bonds. The highest BCUT2D eigenvalue weighted by molar-refractivity contribution is 7.17. The second-order valence-corrected chi connectivity index (χ2v) is 7.81. The molecule has 0 saturated carbocycles. The zero-order valence-corrected chi connectivity index (χ0v) is 15.2. The molecule has 1 fully saturated rings. The van der Waals surface area contributed by atoms with Gasteiger partial charge in [0, 0.05) is 22.5 Å². The van der Waals surface area contributed by atoms with Gasteiger partial charge in [-0.3, -0.25) is 4.79 Å². The highest BCUT2D eigenvalue weighted by atomic mass is 32.1. The molecule has 2 aromatic rings. The molecule has 0 spiro atoms. The number of benzene rings is 1. The van der Waals surface area contributed by atoms with Crippen LogP contribution in [0.3, 0.4) is 0 Å². The van der Waals surface area contributed by atoms with Crippen LogP contribution in [0.2, 0.25) is 0 Å². The summed E-state index contributed by atoms with van der Waals surface area (Å²) in [5, 5.41) is 3.08. The van der Waals surface area contributed by atoms with Crippen molar-refractivity contribution in [2.75, 3.05) is 26.2 Å². The monoisotopic (exact) mass is 356 g/mol. The molecule has 0 aliphatic carbocycles.